The van der Waals surface area contributed by atoms with Crippen LogP contribution in [0.2, 0.25) is 0 Å². The summed E-state index contributed by atoms with van der Waals surface area (Å²) in [6, 6.07) is 40.8. The molecule has 1 aliphatic heterocycles. The predicted octanol–water partition coefficient (Wildman–Crippen LogP) is 11.3. The monoisotopic (exact) mass is 563 g/mol. The second kappa shape index (κ2) is 10.1. The van der Waals surface area contributed by atoms with Gasteiger partial charge in [0.05, 0.1) is 0 Å². The zero-order valence-electron chi connectivity index (χ0n) is 25.5. The van der Waals surface area contributed by atoms with Gasteiger partial charge in [-0.05, 0) is 107 Å². The fraction of sp³-hybridized carbons (Fsp3) is 0.200. The number of anilines is 2. The van der Waals surface area contributed by atoms with Gasteiger partial charge in [0, 0.05) is 23.0 Å². The minimum absolute atomic E-state index is 0.172. The van der Waals surface area contributed by atoms with E-state index in [2.05, 4.69) is 156 Å². The molecule has 7 rings (SSSR count). The first-order valence-corrected chi connectivity index (χ1v) is 16.5. The maximum atomic E-state index is 2.56. The van der Waals surface area contributed by atoms with Gasteiger partial charge >= 0.3 is 0 Å². The number of hydrogen-bond acceptors (Lipinski definition) is 1. The van der Waals surface area contributed by atoms with Gasteiger partial charge in [-0.15, -0.1) is 0 Å². The molecule has 1 aliphatic rings. The van der Waals surface area contributed by atoms with Crippen molar-refractivity contribution >= 4 is 46.1 Å². The van der Waals surface area contributed by atoms with E-state index in [0.29, 0.717) is 0 Å². The van der Waals surface area contributed by atoms with Crippen LogP contribution in [0.1, 0.15) is 37.5 Å². The number of para-hydroxylation sites is 1. The highest BCUT2D eigenvalue weighted by Gasteiger charge is 2.39. The van der Waals surface area contributed by atoms with Crippen LogP contribution >= 0.6 is 7.92 Å². The Balaban J connectivity index is 1.60. The van der Waals surface area contributed by atoms with Crippen LogP contribution in [0.3, 0.4) is 0 Å². The largest absolute Gasteiger partial charge is 0.336 e. The fourth-order valence-electron chi connectivity index (χ4n) is 7.16. The van der Waals surface area contributed by atoms with E-state index in [9.17, 15) is 0 Å². The quantitative estimate of drug-likeness (QED) is 0.153. The highest BCUT2D eigenvalue weighted by molar-refractivity contribution is 7.68. The molecule has 1 heterocycles. The molecule has 0 bridgehead atoms. The van der Waals surface area contributed by atoms with E-state index in [0.717, 1.165) is 6.29 Å². The molecule has 1 nitrogen and oxygen atoms in total. The zero-order valence-corrected chi connectivity index (χ0v) is 26.4. The lowest BCUT2D eigenvalue weighted by molar-refractivity contribution is 0.787. The molecule has 6 aromatic rings. The van der Waals surface area contributed by atoms with Crippen molar-refractivity contribution in [1.82, 2.24) is 0 Å². The summed E-state index contributed by atoms with van der Waals surface area (Å²) in [5.74, 6) is 0. The van der Waals surface area contributed by atoms with Gasteiger partial charge < -0.3 is 4.90 Å². The third kappa shape index (κ3) is 4.26. The first-order chi connectivity index (χ1) is 20.2. The van der Waals surface area contributed by atoms with Crippen LogP contribution in [0, 0.1) is 20.8 Å². The van der Waals surface area contributed by atoms with E-state index in [4.69, 9.17) is 0 Å². The van der Waals surface area contributed by atoms with Crippen molar-refractivity contribution in [2.45, 2.75) is 46.7 Å². The van der Waals surface area contributed by atoms with Crippen molar-refractivity contribution in [3.8, 4) is 22.3 Å². The first-order valence-electron chi connectivity index (χ1n) is 15.0. The van der Waals surface area contributed by atoms with Crippen LogP contribution in [-0.4, -0.2) is 11.4 Å². The number of rotatable bonds is 3. The summed E-state index contributed by atoms with van der Waals surface area (Å²) in [6.07, 6.45) is 1.05. The van der Waals surface area contributed by atoms with Crippen molar-refractivity contribution in [1.29, 1.82) is 0 Å². The third-order valence-corrected chi connectivity index (χ3v) is 12.1. The van der Waals surface area contributed by atoms with Crippen LogP contribution in [0.25, 0.3) is 43.8 Å². The lowest BCUT2D eigenvalue weighted by atomic mass is 9.83. The molecule has 0 saturated carbocycles. The Hall–Kier alpha value is -3.93. The second-order valence-corrected chi connectivity index (χ2v) is 15.7. The van der Waals surface area contributed by atoms with E-state index in [1.54, 1.807) is 0 Å². The minimum atomic E-state index is -0.460. The summed E-state index contributed by atoms with van der Waals surface area (Å²) in [5.41, 5.74) is 12.1. The van der Waals surface area contributed by atoms with Crippen LogP contribution in [-0.2, 0) is 0 Å². The van der Waals surface area contributed by atoms with Gasteiger partial charge in [-0.2, -0.15) is 0 Å². The van der Waals surface area contributed by atoms with Gasteiger partial charge in [-0.1, -0.05) is 117 Å². The van der Waals surface area contributed by atoms with Crippen molar-refractivity contribution in [2.75, 3.05) is 11.2 Å². The summed E-state index contributed by atoms with van der Waals surface area (Å²) >= 11 is 0. The lowest BCUT2D eigenvalue weighted by Crippen LogP contribution is -2.20. The number of aryl methyl sites for hydroxylation is 3. The molecule has 0 aliphatic carbocycles. The molecule has 0 radical (unpaired) electrons. The molecule has 0 fully saturated rings. The number of nitrogens with zero attached hydrogens (tertiary/aromatic N) is 1. The van der Waals surface area contributed by atoms with E-state index in [-0.39, 0.29) is 5.16 Å². The Kier molecular flexibility index (Phi) is 6.48. The molecule has 1 atom stereocenters. The molecule has 0 spiro atoms. The van der Waals surface area contributed by atoms with E-state index >= 15 is 0 Å². The lowest BCUT2D eigenvalue weighted by Gasteiger charge is -2.30. The minimum Gasteiger partial charge on any atom is -0.336 e. The van der Waals surface area contributed by atoms with Crippen molar-refractivity contribution in [2.24, 2.45) is 0 Å². The SMILES string of the molecule is Cc1cc(C)c(-c2c3ccccc3c(-c3cccc4c3P(C(C)(C)C)CN4c3ccccc3)c3ccccc23)c(C)c1. The second-order valence-electron chi connectivity index (χ2n) is 12.8. The molecule has 2 heteroatoms. The van der Waals surface area contributed by atoms with Crippen LogP contribution in [0.5, 0.6) is 0 Å². The molecule has 208 valence electrons. The zero-order chi connectivity index (χ0) is 29.2. The standard InChI is InChI=1S/C40H38NP/c1-26-23-27(2)36(28(3)24-26)38-32-19-12-10-17-30(32)37(31-18-11-13-20-33(31)38)34-21-14-22-35-39(34)42(40(4,5)6)25-41(35)29-15-8-7-9-16-29/h7-24H,25H2,1-6H3. The molecular weight excluding hydrogens is 525 g/mol. The fourth-order valence-corrected chi connectivity index (χ4v) is 9.95. The molecule has 1 unspecified atom stereocenters. The average molecular weight is 564 g/mol. The Labute approximate surface area is 251 Å². The Morgan fingerprint density at radius 1 is 0.571 bits per heavy atom. The molecule has 0 amide bonds. The summed E-state index contributed by atoms with van der Waals surface area (Å²) < 4.78 is 0. The molecule has 0 saturated heterocycles. The van der Waals surface area contributed by atoms with Crippen molar-refractivity contribution in [3.05, 3.63) is 126 Å². The van der Waals surface area contributed by atoms with Crippen LogP contribution in [0.15, 0.2) is 109 Å². The highest BCUT2D eigenvalue weighted by Crippen LogP contribution is 2.59. The van der Waals surface area contributed by atoms with Gasteiger partial charge in [0.15, 0.2) is 0 Å². The Morgan fingerprint density at radius 3 is 1.64 bits per heavy atom. The van der Waals surface area contributed by atoms with Gasteiger partial charge in [-0.25, -0.2) is 0 Å². The summed E-state index contributed by atoms with van der Waals surface area (Å²) in [5, 5.41) is 7.04. The van der Waals surface area contributed by atoms with E-state index < -0.39 is 7.92 Å². The third-order valence-electron chi connectivity index (χ3n) is 8.86. The summed E-state index contributed by atoms with van der Waals surface area (Å²) in [4.78, 5) is 2.56. The Bertz CT molecular complexity index is 1900. The average Bonchev–Trinajstić information content (AvgIpc) is 3.38. The van der Waals surface area contributed by atoms with Crippen LogP contribution in [0.4, 0.5) is 11.4 Å². The smallest absolute Gasteiger partial charge is 0.0499 e. The van der Waals surface area contributed by atoms with E-state index in [1.807, 2.05) is 0 Å². The number of fused-ring (bicyclic) bond motifs is 3. The van der Waals surface area contributed by atoms with Gasteiger partial charge in [0.25, 0.3) is 0 Å². The molecule has 42 heavy (non-hydrogen) atoms. The summed E-state index contributed by atoms with van der Waals surface area (Å²) in [6.45, 7) is 14.0. The predicted molar refractivity (Wildman–Crippen MR) is 186 cm³/mol. The van der Waals surface area contributed by atoms with Crippen molar-refractivity contribution < 1.29 is 0 Å². The van der Waals surface area contributed by atoms with Gasteiger partial charge in [-0.3, -0.25) is 0 Å². The molecule has 6 aromatic carbocycles. The molecule has 0 aromatic heterocycles. The normalized spacial score (nSPS) is 15.0. The Morgan fingerprint density at radius 2 is 1.10 bits per heavy atom. The van der Waals surface area contributed by atoms with Crippen LogP contribution < -0.4 is 10.2 Å². The maximum Gasteiger partial charge on any atom is 0.0499 e. The summed E-state index contributed by atoms with van der Waals surface area (Å²) in [7, 11) is -0.460. The number of hydrogen-bond donors (Lipinski definition) is 0. The first kappa shape index (κ1) is 26.9. The maximum absolute atomic E-state index is 2.56. The van der Waals surface area contributed by atoms with E-state index in [1.165, 1.54) is 77.2 Å². The molecular formula is C40H38NP. The van der Waals surface area contributed by atoms with Gasteiger partial charge in [0.2, 0.25) is 0 Å². The highest BCUT2D eigenvalue weighted by atomic mass is 31.1. The topological polar surface area (TPSA) is 3.24 Å². The van der Waals surface area contributed by atoms with Crippen molar-refractivity contribution in [3.63, 3.8) is 0 Å². The number of benzene rings is 6. The van der Waals surface area contributed by atoms with Gasteiger partial charge in [0.1, 0.15) is 0 Å². The molecule has 0 N–H and O–H groups in total.